The molecule has 0 saturated carbocycles. The number of allylic oxidation sites excluding steroid dienone is 1. The lowest BCUT2D eigenvalue weighted by Crippen LogP contribution is -2.29. The predicted octanol–water partition coefficient (Wildman–Crippen LogP) is 2.54. The van der Waals surface area contributed by atoms with E-state index >= 15 is 0 Å². The second-order valence-corrected chi connectivity index (χ2v) is 5.49. The zero-order valence-electron chi connectivity index (χ0n) is 12.0. The number of likely N-dealkylation sites (tertiary alicyclic amines) is 1. The summed E-state index contributed by atoms with van der Waals surface area (Å²) in [5.41, 5.74) is 7.19. The Kier molecular flexibility index (Phi) is 5.36. The molecule has 2 atom stereocenters. The number of benzene rings is 1. The van der Waals surface area contributed by atoms with Crippen LogP contribution in [0.3, 0.4) is 0 Å². The van der Waals surface area contributed by atoms with Crippen LogP contribution in [0.15, 0.2) is 43.0 Å². The summed E-state index contributed by atoms with van der Waals surface area (Å²) in [4.78, 5) is 14.2. The molecule has 1 aromatic carbocycles. The molecule has 1 aromatic rings. The zero-order valence-corrected chi connectivity index (χ0v) is 12.0. The normalized spacial score (nSPS) is 21.9. The fraction of sp³-hybridized carbons (Fsp3) is 0.471. The smallest absolute Gasteiger partial charge is 0.222 e. The fourth-order valence-electron chi connectivity index (χ4n) is 2.95. The van der Waals surface area contributed by atoms with E-state index in [1.165, 1.54) is 5.56 Å². The van der Waals surface area contributed by atoms with E-state index in [9.17, 15) is 4.79 Å². The van der Waals surface area contributed by atoms with Crippen molar-refractivity contribution < 1.29 is 4.79 Å². The van der Waals surface area contributed by atoms with Crippen LogP contribution in [0.2, 0.25) is 0 Å². The highest BCUT2D eigenvalue weighted by Crippen LogP contribution is 2.32. The third kappa shape index (κ3) is 3.48. The van der Waals surface area contributed by atoms with Crippen molar-refractivity contribution in [1.82, 2.24) is 4.90 Å². The minimum atomic E-state index is 0.253. The third-order valence-electron chi connectivity index (χ3n) is 4.12. The summed E-state index contributed by atoms with van der Waals surface area (Å²) in [6.45, 7) is 5.92. The van der Waals surface area contributed by atoms with E-state index in [1.807, 2.05) is 17.0 Å². The van der Waals surface area contributed by atoms with Gasteiger partial charge in [-0.25, -0.2) is 0 Å². The van der Waals surface area contributed by atoms with E-state index in [0.717, 1.165) is 25.9 Å². The Labute approximate surface area is 121 Å². The van der Waals surface area contributed by atoms with Crippen LogP contribution in [0.25, 0.3) is 0 Å². The molecule has 1 amide bonds. The summed E-state index contributed by atoms with van der Waals surface area (Å²) >= 11 is 0. The minimum Gasteiger partial charge on any atom is -0.342 e. The largest absolute Gasteiger partial charge is 0.342 e. The number of rotatable bonds is 6. The highest BCUT2D eigenvalue weighted by molar-refractivity contribution is 5.76. The van der Waals surface area contributed by atoms with Gasteiger partial charge in [-0.1, -0.05) is 36.4 Å². The van der Waals surface area contributed by atoms with Gasteiger partial charge in [0.1, 0.15) is 0 Å². The van der Waals surface area contributed by atoms with Crippen molar-refractivity contribution >= 4 is 5.91 Å². The zero-order chi connectivity index (χ0) is 14.4. The van der Waals surface area contributed by atoms with Crippen LogP contribution in [0.5, 0.6) is 0 Å². The maximum absolute atomic E-state index is 12.2. The molecule has 108 valence electrons. The molecule has 0 bridgehead atoms. The Morgan fingerprint density at radius 1 is 1.35 bits per heavy atom. The molecule has 1 heterocycles. The average Bonchev–Trinajstić information content (AvgIpc) is 2.92. The van der Waals surface area contributed by atoms with Crippen molar-refractivity contribution in [3.05, 3.63) is 48.6 Å². The Hall–Kier alpha value is -1.61. The van der Waals surface area contributed by atoms with E-state index in [2.05, 4.69) is 30.8 Å². The molecule has 3 heteroatoms. The molecule has 0 spiro atoms. The number of nitrogens with two attached hydrogens (primary N) is 1. The first-order valence-corrected chi connectivity index (χ1v) is 7.40. The molecule has 1 aliphatic heterocycles. The van der Waals surface area contributed by atoms with E-state index in [0.29, 0.717) is 24.8 Å². The van der Waals surface area contributed by atoms with Gasteiger partial charge in [-0.2, -0.15) is 0 Å². The monoisotopic (exact) mass is 272 g/mol. The van der Waals surface area contributed by atoms with Gasteiger partial charge in [-0.05, 0) is 30.9 Å². The second-order valence-electron chi connectivity index (χ2n) is 5.49. The van der Waals surface area contributed by atoms with Crippen molar-refractivity contribution in [2.45, 2.75) is 25.2 Å². The Morgan fingerprint density at radius 3 is 2.75 bits per heavy atom. The molecular formula is C17H24N2O. The Morgan fingerprint density at radius 2 is 2.10 bits per heavy atom. The number of hydrogen-bond acceptors (Lipinski definition) is 2. The van der Waals surface area contributed by atoms with Gasteiger partial charge in [0.2, 0.25) is 5.91 Å². The van der Waals surface area contributed by atoms with Crippen LogP contribution >= 0.6 is 0 Å². The highest BCUT2D eigenvalue weighted by atomic mass is 16.2. The van der Waals surface area contributed by atoms with Gasteiger partial charge in [0, 0.05) is 25.4 Å². The number of carbonyl (C=O) groups is 1. The summed E-state index contributed by atoms with van der Waals surface area (Å²) in [5.74, 6) is 1.01. The first-order chi connectivity index (χ1) is 9.76. The molecule has 2 rings (SSSR count). The molecular weight excluding hydrogens is 248 g/mol. The molecule has 2 N–H and O–H groups in total. The maximum Gasteiger partial charge on any atom is 0.222 e. The van der Waals surface area contributed by atoms with Crippen LogP contribution in [-0.2, 0) is 4.79 Å². The molecule has 0 aliphatic carbocycles. The number of carbonyl (C=O) groups excluding carboxylic acids is 1. The molecule has 1 saturated heterocycles. The summed E-state index contributed by atoms with van der Waals surface area (Å²) in [7, 11) is 0. The van der Waals surface area contributed by atoms with Crippen molar-refractivity contribution in [3.63, 3.8) is 0 Å². The number of amides is 1. The van der Waals surface area contributed by atoms with Crippen molar-refractivity contribution in [1.29, 1.82) is 0 Å². The molecule has 0 radical (unpaired) electrons. The number of nitrogens with zero attached hydrogens (tertiary/aromatic N) is 1. The summed E-state index contributed by atoms with van der Waals surface area (Å²) in [6.07, 6.45) is 4.28. The predicted molar refractivity (Wildman–Crippen MR) is 82.4 cm³/mol. The second kappa shape index (κ2) is 7.25. The van der Waals surface area contributed by atoms with Gasteiger partial charge in [0.25, 0.3) is 0 Å². The van der Waals surface area contributed by atoms with E-state index in [4.69, 9.17) is 5.73 Å². The molecule has 3 nitrogen and oxygen atoms in total. The molecule has 0 aromatic heterocycles. The summed E-state index contributed by atoms with van der Waals surface area (Å²) in [5, 5.41) is 0. The fourth-order valence-corrected chi connectivity index (χ4v) is 2.95. The number of unbranched alkanes of at least 4 members (excludes halogenated alkanes) is 1. The van der Waals surface area contributed by atoms with E-state index < -0.39 is 0 Å². The van der Waals surface area contributed by atoms with Gasteiger partial charge in [-0.3, -0.25) is 4.79 Å². The van der Waals surface area contributed by atoms with Crippen LogP contribution in [0.1, 0.15) is 30.7 Å². The van der Waals surface area contributed by atoms with Gasteiger partial charge in [0.05, 0.1) is 0 Å². The lowest BCUT2D eigenvalue weighted by atomic mass is 9.89. The summed E-state index contributed by atoms with van der Waals surface area (Å²) < 4.78 is 0. The topological polar surface area (TPSA) is 46.3 Å². The SMILES string of the molecule is C=CCCCC(=O)N1C[C@@H](CN)[C@H](c2ccccc2)C1. The first kappa shape index (κ1) is 14.8. The van der Waals surface area contributed by atoms with E-state index in [-0.39, 0.29) is 5.91 Å². The number of hydrogen-bond donors (Lipinski definition) is 1. The van der Waals surface area contributed by atoms with Gasteiger partial charge in [-0.15, -0.1) is 6.58 Å². The minimum absolute atomic E-state index is 0.253. The van der Waals surface area contributed by atoms with E-state index in [1.54, 1.807) is 0 Å². The average molecular weight is 272 g/mol. The lowest BCUT2D eigenvalue weighted by molar-refractivity contribution is -0.130. The van der Waals surface area contributed by atoms with Gasteiger partial charge in [0.15, 0.2) is 0 Å². The molecule has 0 unspecified atom stereocenters. The first-order valence-electron chi connectivity index (χ1n) is 7.40. The van der Waals surface area contributed by atoms with Gasteiger partial charge < -0.3 is 10.6 Å². The van der Waals surface area contributed by atoms with Crippen molar-refractivity contribution in [2.75, 3.05) is 19.6 Å². The maximum atomic E-state index is 12.2. The van der Waals surface area contributed by atoms with Crippen molar-refractivity contribution in [3.8, 4) is 0 Å². The highest BCUT2D eigenvalue weighted by Gasteiger charge is 2.34. The van der Waals surface area contributed by atoms with Crippen LogP contribution in [0.4, 0.5) is 0 Å². The Bertz CT molecular complexity index is 444. The standard InChI is InChI=1S/C17H24N2O/c1-2-3-5-10-17(20)19-12-15(11-18)16(13-19)14-8-6-4-7-9-14/h2,4,6-9,15-16H,1,3,5,10-13,18H2/t15-,16+/m1/s1. The summed E-state index contributed by atoms with van der Waals surface area (Å²) in [6, 6.07) is 10.4. The Balaban J connectivity index is 1.99. The molecule has 1 aliphatic rings. The van der Waals surface area contributed by atoms with Crippen LogP contribution < -0.4 is 5.73 Å². The van der Waals surface area contributed by atoms with Crippen LogP contribution in [0, 0.1) is 5.92 Å². The van der Waals surface area contributed by atoms with Crippen LogP contribution in [-0.4, -0.2) is 30.4 Å². The third-order valence-corrected chi connectivity index (χ3v) is 4.12. The quantitative estimate of drug-likeness (QED) is 0.639. The van der Waals surface area contributed by atoms with Gasteiger partial charge >= 0.3 is 0 Å². The molecule has 20 heavy (non-hydrogen) atoms. The lowest BCUT2D eigenvalue weighted by Gasteiger charge is -2.16. The molecule has 1 fully saturated rings. The van der Waals surface area contributed by atoms with Crippen molar-refractivity contribution in [2.24, 2.45) is 11.7 Å².